The summed E-state index contributed by atoms with van der Waals surface area (Å²) in [7, 11) is 4.71. The van der Waals surface area contributed by atoms with Gasteiger partial charge in [-0.2, -0.15) is 0 Å². The zero-order valence-corrected chi connectivity index (χ0v) is 17.7. The van der Waals surface area contributed by atoms with Gasteiger partial charge in [0.15, 0.2) is 17.2 Å². The minimum Gasteiger partial charge on any atom is -0.493 e. The van der Waals surface area contributed by atoms with E-state index in [-0.39, 0.29) is 5.56 Å². The average Bonchev–Trinajstić information content (AvgIpc) is 2.78. The van der Waals surface area contributed by atoms with Crippen LogP contribution in [0.5, 0.6) is 17.2 Å². The maximum atomic E-state index is 12.8. The summed E-state index contributed by atoms with van der Waals surface area (Å²) in [4.78, 5) is 27.0. The Morgan fingerprint density at radius 1 is 1.00 bits per heavy atom. The van der Waals surface area contributed by atoms with Crippen LogP contribution in [0.1, 0.15) is 12.5 Å². The Balaban J connectivity index is 1.91. The Kier molecular flexibility index (Phi) is 6.61. The molecule has 0 unspecified atom stereocenters. The topological polar surface area (TPSA) is 70.0 Å². The van der Waals surface area contributed by atoms with Crippen molar-refractivity contribution in [2.75, 3.05) is 27.8 Å². The first kappa shape index (κ1) is 21.2. The number of ether oxygens (including phenoxy) is 3. The van der Waals surface area contributed by atoms with Gasteiger partial charge in [0.05, 0.1) is 25.8 Å². The van der Waals surface area contributed by atoms with Crippen molar-refractivity contribution >= 4 is 16.9 Å². The minimum absolute atomic E-state index is 0.189. The fourth-order valence-corrected chi connectivity index (χ4v) is 3.21. The number of methoxy groups -OCH3 is 2. The molecule has 0 atom stereocenters. The number of amides is 1. The molecule has 0 aliphatic carbocycles. The predicted octanol–water partition coefficient (Wildman–Crippen LogP) is 3.71. The SMILES string of the molecule is CCn1cc(OC(=O)N(C)CCc2ccccc2)c2cc(OC)c(OC)cc2c1=O. The van der Waals surface area contributed by atoms with E-state index in [1.54, 1.807) is 25.4 Å². The molecule has 0 aliphatic rings. The number of aromatic nitrogens is 1. The van der Waals surface area contributed by atoms with Gasteiger partial charge in [0.1, 0.15) is 0 Å². The van der Waals surface area contributed by atoms with Gasteiger partial charge >= 0.3 is 6.09 Å². The van der Waals surface area contributed by atoms with Crippen molar-refractivity contribution in [2.45, 2.75) is 19.9 Å². The van der Waals surface area contributed by atoms with Crippen LogP contribution >= 0.6 is 0 Å². The molecule has 0 saturated heterocycles. The van der Waals surface area contributed by atoms with Crippen LogP contribution in [0.4, 0.5) is 4.79 Å². The summed E-state index contributed by atoms with van der Waals surface area (Å²) in [5.74, 6) is 1.19. The van der Waals surface area contributed by atoms with Crippen LogP contribution in [0.15, 0.2) is 53.5 Å². The number of fused-ring (bicyclic) bond motifs is 1. The van der Waals surface area contributed by atoms with Crippen molar-refractivity contribution in [2.24, 2.45) is 0 Å². The number of hydrogen-bond acceptors (Lipinski definition) is 5. The fourth-order valence-electron chi connectivity index (χ4n) is 3.21. The first-order valence-electron chi connectivity index (χ1n) is 9.74. The van der Waals surface area contributed by atoms with Crippen molar-refractivity contribution in [3.05, 3.63) is 64.6 Å². The molecule has 0 spiro atoms. The summed E-state index contributed by atoms with van der Waals surface area (Å²) in [5.41, 5.74) is 0.949. The quantitative estimate of drug-likeness (QED) is 0.594. The summed E-state index contributed by atoms with van der Waals surface area (Å²) >= 11 is 0. The molecule has 2 aromatic carbocycles. The number of hydrogen-bond donors (Lipinski definition) is 0. The van der Waals surface area contributed by atoms with E-state index in [0.717, 1.165) is 5.56 Å². The van der Waals surface area contributed by atoms with E-state index in [9.17, 15) is 9.59 Å². The van der Waals surface area contributed by atoms with Gasteiger partial charge in [0, 0.05) is 25.5 Å². The van der Waals surface area contributed by atoms with Gasteiger partial charge in [0.2, 0.25) is 0 Å². The van der Waals surface area contributed by atoms with E-state index in [2.05, 4.69) is 0 Å². The van der Waals surface area contributed by atoms with E-state index in [1.807, 2.05) is 37.3 Å². The minimum atomic E-state index is -0.497. The number of carbonyl (C=O) groups is 1. The van der Waals surface area contributed by atoms with Gasteiger partial charge < -0.3 is 23.7 Å². The molecule has 3 rings (SSSR count). The van der Waals surface area contributed by atoms with Crippen LogP contribution in [0.25, 0.3) is 10.8 Å². The van der Waals surface area contributed by atoms with Crippen LogP contribution in [-0.4, -0.2) is 43.4 Å². The van der Waals surface area contributed by atoms with Gasteiger partial charge in [-0.05, 0) is 31.0 Å². The number of pyridine rings is 1. The van der Waals surface area contributed by atoms with Gasteiger partial charge in [-0.15, -0.1) is 0 Å². The molecule has 1 aromatic heterocycles. The van der Waals surface area contributed by atoms with Crippen molar-refractivity contribution in [1.82, 2.24) is 9.47 Å². The second-order valence-corrected chi connectivity index (χ2v) is 6.86. The van der Waals surface area contributed by atoms with Gasteiger partial charge in [-0.1, -0.05) is 30.3 Å². The maximum Gasteiger partial charge on any atom is 0.415 e. The van der Waals surface area contributed by atoms with E-state index >= 15 is 0 Å². The number of carbonyl (C=O) groups excluding carboxylic acids is 1. The molecule has 158 valence electrons. The van der Waals surface area contributed by atoms with Gasteiger partial charge in [0.25, 0.3) is 5.56 Å². The first-order valence-corrected chi connectivity index (χ1v) is 9.74. The van der Waals surface area contributed by atoms with E-state index in [1.165, 1.54) is 23.7 Å². The summed E-state index contributed by atoms with van der Waals surface area (Å²) in [6.07, 6.45) is 1.77. The average molecular weight is 410 g/mol. The third-order valence-electron chi connectivity index (χ3n) is 4.98. The standard InChI is InChI=1S/C23H26N2O5/c1-5-25-15-21(17-13-19(28-3)20(29-4)14-18(17)22(25)26)30-23(27)24(2)12-11-16-9-7-6-8-10-16/h6-10,13-15H,5,11-12H2,1-4H3. The molecular weight excluding hydrogens is 384 g/mol. The summed E-state index contributed by atoms with van der Waals surface area (Å²) in [5, 5.41) is 0.888. The van der Waals surface area contributed by atoms with Gasteiger partial charge in [-0.25, -0.2) is 4.79 Å². The highest BCUT2D eigenvalue weighted by Gasteiger charge is 2.18. The molecule has 0 aliphatic heterocycles. The normalized spacial score (nSPS) is 10.7. The molecule has 1 amide bonds. The Bertz CT molecular complexity index is 1090. The highest BCUT2D eigenvalue weighted by atomic mass is 16.6. The van der Waals surface area contributed by atoms with Crippen LogP contribution in [0.3, 0.4) is 0 Å². The van der Waals surface area contributed by atoms with Crippen LogP contribution in [-0.2, 0) is 13.0 Å². The molecule has 0 radical (unpaired) electrons. The molecule has 0 bridgehead atoms. The molecule has 1 heterocycles. The smallest absolute Gasteiger partial charge is 0.415 e. The van der Waals surface area contributed by atoms with Crippen LogP contribution in [0.2, 0.25) is 0 Å². The predicted molar refractivity (Wildman–Crippen MR) is 116 cm³/mol. The third kappa shape index (κ3) is 4.40. The van der Waals surface area contributed by atoms with E-state index in [4.69, 9.17) is 14.2 Å². The first-order chi connectivity index (χ1) is 14.5. The highest BCUT2D eigenvalue weighted by molar-refractivity contribution is 5.92. The molecule has 3 aromatic rings. The van der Waals surface area contributed by atoms with E-state index < -0.39 is 6.09 Å². The largest absolute Gasteiger partial charge is 0.493 e. The molecule has 0 fully saturated rings. The van der Waals surface area contributed by atoms with Crippen LogP contribution in [0, 0.1) is 0 Å². The maximum absolute atomic E-state index is 12.8. The second kappa shape index (κ2) is 9.35. The number of likely N-dealkylation sites (N-methyl/N-ethyl adjacent to an activating group) is 1. The Hall–Kier alpha value is -3.48. The van der Waals surface area contributed by atoms with E-state index in [0.29, 0.717) is 47.5 Å². The summed E-state index contributed by atoms with van der Waals surface area (Å²) in [6, 6.07) is 13.2. The Morgan fingerprint density at radius 3 is 2.23 bits per heavy atom. The second-order valence-electron chi connectivity index (χ2n) is 6.86. The molecule has 7 heteroatoms. The zero-order valence-electron chi connectivity index (χ0n) is 17.7. The molecule has 0 saturated carbocycles. The third-order valence-corrected chi connectivity index (χ3v) is 4.98. The van der Waals surface area contributed by atoms with Crippen molar-refractivity contribution in [1.29, 1.82) is 0 Å². The molecule has 7 nitrogen and oxygen atoms in total. The Labute approximate surface area is 175 Å². The number of rotatable bonds is 7. The number of benzene rings is 2. The molecule has 30 heavy (non-hydrogen) atoms. The molecule has 0 N–H and O–H groups in total. The van der Waals surface area contributed by atoms with Crippen molar-refractivity contribution in [3.8, 4) is 17.2 Å². The lowest BCUT2D eigenvalue weighted by molar-refractivity contribution is 0.163. The highest BCUT2D eigenvalue weighted by Crippen LogP contribution is 2.35. The lowest BCUT2D eigenvalue weighted by Crippen LogP contribution is -2.32. The summed E-state index contributed by atoms with van der Waals surface area (Å²) < 4.78 is 17.8. The zero-order chi connectivity index (χ0) is 21.7. The number of aryl methyl sites for hydroxylation is 1. The van der Waals surface area contributed by atoms with Crippen molar-refractivity contribution < 1.29 is 19.0 Å². The monoisotopic (exact) mass is 410 g/mol. The fraction of sp³-hybridized carbons (Fsp3) is 0.304. The summed E-state index contributed by atoms with van der Waals surface area (Å²) in [6.45, 7) is 2.80. The molecular formula is C23H26N2O5. The van der Waals surface area contributed by atoms with Gasteiger partial charge in [-0.3, -0.25) is 4.79 Å². The van der Waals surface area contributed by atoms with Crippen molar-refractivity contribution in [3.63, 3.8) is 0 Å². The lowest BCUT2D eigenvalue weighted by atomic mass is 10.1. The van der Waals surface area contributed by atoms with Crippen LogP contribution < -0.4 is 19.8 Å². The Morgan fingerprint density at radius 2 is 1.63 bits per heavy atom. The lowest BCUT2D eigenvalue weighted by Gasteiger charge is -2.19. The number of nitrogens with zero attached hydrogens (tertiary/aromatic N) is 2.